The third-order valence-electron chi connectivity index (χ3n) is 3.60. The fourth-order valence-electron chi connectivity index (χ4n) is 2.26. The zero-order valence-electron chi connectivity index (χ0n) is 13.1. The number of aromatic nitrogens is 4. The minimum Gasteiger partial charge on any atom is -0.360 e. The summed E-state index contributed by atoms with van der Waals surface area (Å²) in [6.07, 6.45) is 3.80. The number of hydrogen-bond acceptors (Lipinski definition) is 4. The summed E-state index contributed by atoms with van der Waals surface area (Å²) in [4.78, 5) is 13.4. The van der Waals surface area contributed by atoms with Gasteiger partial charge in [0.1, 0.15) is 17.5 Å². The highest BCUT2D eigenvalue weighted by Crippen LogP contribution is 2.26. The van der Waals surface area contributed by atoms with E-state index in [1.54, 1.807) is 0 Å². The first-order valence-electron chi connectivity index (χ1n) is 6.95. The third-order valence-corrected chi connectivity index (χ3v) is 3.60. The largest absolute Gasteiger partial charge is 0.360 e. The van der Waals surface area contributed by atoms with E-state index in [-0.39, 0.29) is 6.04 Å². The summed E-state index contributed by atoms with van der Waals surface area (Å²) in [6.45, 7) is 10.3. The van der Waals surface area contributed by atoms with Crippen LogP contribution in [0.4, 0.5) is 5.82 Å². The van der Waals surface area contributed by atoms with Gasteiger partial charge in [0, 0.05) is 30.7 Å². The van der Waals surface area contributed by atoms with Crippen LogP contribution in [-0.4, -0.2) is 19.5 Å². The van der Waals surface area contributed by atoms with E-state index in [2.05, 4.69) is 34.1 Å². The molecule has 0 unspecified atom stereocenters. The van der Waals surface area contributed by atoms with Gasteiger partial charge in [-0.25, -0.2) is 15.0 Å². The van der Waals surface area contributed by atoms with E-state index in [0.717, 1.165) is 28.7 Å². The lowest BCUT2D eigenvalue weighted by Gasteiger charge is -2.24. The summed E-state index contributed by atoms with van der Waals surface area (Å²) in [5, 5.41) is 3.54. The summed E-state index contributed by atoms with van der Waals surface area (Å²) < 4.78 is 2.05. The molecular formula is C15H23N5. The maximum Gasteiger partial charge on any atom is 0.133 e. The van der Waals surface area contributed by atoms with Gasteiger partial charge in [-0.15, -0.1) is 0 Å². The van der Waals surface area contributed by atoms with Gasteiger partial charge >= 0.3 is 0 Å². The average molecular weight is 273 g/mol. The first-order valence-corrected chi connectivity index (χ1v) is 6.95. The Hall–Kier alpha value is -1.91. The number of nitrogens with one attached hydrogen (secondary N) is 1. The van der Waals surface area contributed by atoms with Crippen LogP contribution >= 0.6 is 0 Å². The molecule has 1 atom stereocenters. The summed E-state index contributed by atoms with van der Waals surface area (Å²) in [5.41, 5.74) is 2.11. The van der Waals surface area contributed by atoms with E-state index in [9.17, 15) is 0 Å². The van der Waals surface area contributed by atoms with E-state index in [1.807, 2.05) is 44.8 Å². The van der Waals surface area contributed by atoms with Crippen molar-refractivity contribution in [2.45, 2.75) is 40.7 Å². The molecule has 0 spiro atoms. The molecule has 0 amide bonds. The molecule has 5 nitrogen and oxygen atoms in total. The van der Waals surface area contributed by atoms with E-state index in [0.29, 0.717) is 5.92 Å². The standard InChI is InChI=1S/C15H23N5/c1-9(2)13(15-16-7-8-20(15)6)19-14-10(3)11(4)17-12(5)18-14/h7-9,13H,1-6H3,(H,17,18,19)/t13-/m1/s1. The molecule has 2 aromatic rings. The van der Waals surface area contributed by atoms with Gasteiger partial charge in [-0.1, -0.05) is 13.8 Å². The van der Waals surface area contributed by atoms with Crippen LogP contribution in [0.15, 0.2) is 12.4 Å². The van der Waals surface area contributed by atoms with Crippen molar-refractivity contribution in [3.8, 4) is 0 Å². The Morgan fingerprint density at radius 1 is 1.15 bits per heavy atom. The Morgan fingerprint density at radius 2 is 1.85 bits per heavy atom. The van der Waals surface area contributed by atoms with Crippen LogP contribution in [0.25, 0.3) is 0 Å². The van der Waals surface area contributed by atoms with E-state index in [1.165, 1.54) is 0 Å². The summed E-state index contributed by atoms with van der Waals surface area (Å²) >= 11 is 0. The monoisotopic (exact) mass is 273 g/mol. The number of rotatable bonds is 4. The number of anilines is 1. The zero-order chi connectivity index (χ0) is 14.9. The van der Waals surface area contributed by atoms with Gasteiger partial charge in [0.25, 0.3) is 0 Å². The van der Waals surface area contributed by atoms with Crippen molar-refractivity contribution >= 4 is 5.82 Å². The molecule has 5 heteroatoms. The average Bonchev–Trinajstić information content (AvgIpc) is 2.77. The van der Waals surface area contributed by atoms with E-state index in [4.69, 9.17) is 0 Å². The quantitative estimate of drug-likeness (QED) is 0.930. The maximum atomic E-state index is 4.54. The Balaban J connectivity index is 2.37. The van der Waals surface area contributed by atoms with Crippen LogP contribution in [0.3, 0.4) is 0 Å². The lowest BCUT2D eigenvalue weighted by atomic mass is 10.0. The number of aryl methyl sites for hydroxylation is 3. The molecule has 0 aromatic carbocycles. The van der Waals surface area contributed by atoms with Crippen molar-refractivity contribution in [3.63, 3.8) is 0 Å². The molecule has 108 valence electrons. The van der Waals surface area contributed by atoms with Crippen molar-refractivity contribution in [1.82, 2.24) is 19.5 Å². The number of imidazole rings is 1. The third kappa shape index (κ3) is 2.81. The van der Waals surface area contributed by atoms with Crippen LogP contribution in [0, 0.1) is 26.7 Å². The van der Waals surface area contributed by atoms with Crippen LogP contribution in [0.2, 0.25) is 0 Å². The van der Waals surface area contributed by atoms with Crippen molar-refractivity contribution < 1.29 is 0 Å². The van der Waals surface area contributed by atoms with Gasteiger partial charge in [-0.2, -0.15) is 0 Å². The van der Waals surface area contributed by atoms with Gasteiger partial charge < -0.3 is 9.88 Å². The van der Waals surface area contributed by atoms with Gasteiger partial charge in [0.15, 0.2) is 0 Å². The second-order valence-corrected chi connectivity index (χ2v) is 5.59. The molecule has 0 aliphatic heterocycles. The van der Waals surface area contributed by atoms with Crippen LogP contribution < -0.4 is 5.32 Å². The van der Waals surface area contributed by atoms with Crippen LogP contribution in [0.1, 0.15) is 42.8 Å². The summed E-state index contributed by atoms with van der Waals surface area (Å²) in [7, 11) is 2.02. The predicted octanol–water partition coefficient (Wildman–Crippen LogP) is 2.94. The van der Waals surface area contributed by atoms with Gasteiger partial charge in [0.2, 0.25) is 0 Å². The molecule has 0 aliphatic rings. The molecule has 0 saturated heterocycles. The molecule has 0 fully saturated rings. The molecule has 2 heterocycles. The molecule has 0 aliphatic carbocycles. The molecule has 20 heavy (non-hydrogen) atoms. The van der Waals surface area contributed by atoms with Gasteiger partial charge in [0.05, 0.1) is 6.04 Å². The molecule has 2 aromatic heterocycles. The van der Waals surface area contributed by atoms with Crippen molar-refractivity contribution in [1.29, 1.82) is 0 Å². The second-order valence-electron chi connectivity index (χ2n) is 5.59. The molecule has 1 N–H and O–H groups in total. The molecule has 2 rings (SSSR count). The highest BCUT2D eigenvalue weighted by atomic mass is 15.1. The summed E-state index contributed by atoms with van der Waals surface area (Å²) in [6, 6.07) is 0.127. The normalized spacial score (nSPS) is 12.8. The minimum atomic E-state index is 0.127. The Morgan fingerprint density at radius 3 is 2.40 bits per heavy atom. The smallest absolute Gasteiger partial charge is 0.133 e. The topological polar surface area (TPSA) is 55.6 Å². The fraction of sp³-hybridized carbons (Fsp3) is 0.533. The molecule has 0 bridgehead atoms. The van der Waals surface area contributed by atoms with Gasteiger partial charge in [-0.05, 0) is 26.7 Å². The Labute approximate surface area is 120 Å². The molecule has 0 radical (unpaired) electrons. The fourth-order valence-corrected chi connectivity index (χ4v) is 2.26. The number of hydrogen-bond donors (Lipinski definition) is 1. The Bertz CT molecular complexity index is 600. The zero-order valence-corrected chi connectivity index (χ0v) is 13.1. The van der Waals surface area contributed by atoms with Crippen LogP contribution in [-0.2, 0) is 7.05 Å². The van der Waals surface area contributed by atoms with Gasteiger partial charge in [-0.3, -0.25) is 0 Å². The SMILES string of the molecule is Cc1nc(C)c(C)c(N[C@@H](c2nccn2C)C(C)C)n1. The minimum absolute atomic E-state index is 0.127. The van der Waals surface area contributed by atoms with Crippen molar-refractivity contribution in [2.75, 3.05) is 5.32 Å². The van der Waals surface area contributed by atoms with Crippen molar-refractivity contribution in [2.24, 2.45) is 13.0 Å². The predicted molar refractivity (Wildman–Crippen MR) is 80.7 cm³/mol. The number of nitrogens with zero attached hydrogens (tertiary/aromatic N) is 4. The first-order chi connectivity index (χ1) is 9.40. The van der Waals surface area contributed by atoms with E-state index < -0.39 is 0 Å². The molecule has 0 saturated carbocycles. The molecular weight excluding hydrogens is 250 g/mol. The summed E-state index contributed by atoms with van der Waals surface area (Å²) in [5.74, 6) is 3.12. The van der Waals surface area contributed by atoms with Crippen molar-refractivity contribution in [3.05, 3.63) is 35.3 Å². The highest BCUT2D eigenvalue weighted by Gasteiger charge is 2.21. The van der Waals surface area contributed by atoms with Crippen LogP contribution in [0.5, 0.6) is 0 Å². The lowest BCUT2D eigenvalue weighted by molar-refractivity contribution is 0.506. The van der Waals surface area contributed by atoms with E-state index >= 15 is 0 Å². The first kappa shape index (κ1) is 14.5. The Kier molecular flexibility index (Phi) is 4.06. The highest BCUT2D eigenvalue weighted by molar-refractivity contribution is 5.46. The lowest BCUT2D eigenvalue weighted by Crippen LogP contribution is -2.22. The second kappa shape index (κ2) is 5.61. The maximum absolute atomic E-state index is 4.54.